The molecule has 3 atom stereocenters. The quantitative estimate of drug-likeness (QED) is 0.843. The van der Waals surface area contributed by atoms with Gasteiger partial charge in [0.05, 0.1) is 11.7 Å². The van der Waals surface area contributed by atoms with Crippen LogP contribution in [-0.4, -0.2) is 36.0 Å². The van der Waals surface area contributed by atoms with E-state index in [0.29, 0.717) is 5.56 Å². The first-order valence-corrected chi connectivity index (χ1v) is 9.13. The molecule has 0 bridgehead atoms. The lowest BCUT2D eigenvalue weighted by Gasteiger charge is -2.32. The third-order valence-electron chi connectivity index (χ3n) is 4.83. The van der Waals surface area contributed by atoms with Crippen LogP contribution in [0.4, 0.5) is 0 Å². The third-order valence-corrected chi connectivity index (χ3v) is 4.83. The molecule has 0 radical (unpaired) electrons. The summed E-state index contributed by atoms with van der Waals surface area (Å²) in [5, 5.41) is 3.39. The first-order valence-electron chi connectivity index (χ1n) is 9.13. The predicted molar refractivity (Wildman–Crippen MR) is 104 cm³/mol. The van der Waals surface area contributed by atoms with Crippen molar-refractivity contribution in [1.29, 1.82) is 0 Å². The molecule has 5 heteroatoms. The highest BCUT2D eigenvalue weighted by Crippen LogP contribution is 2.33. The summed E-state index contributed by atoms with van der Waals surface area (Å²) in [7, 11) is 1.78. The Morgan fingerprint density at radius 1 is 1.04 bits per heavy atom. The molecule has 5 nitrogen and oxygen atoms in total. The number of benzene rings is 2. The van der Waals surface area contributed by atoms with Crippen LogP contribution in [0.5, 0.6) is 0 Å². The van der Waals surface area contributed by atoms with E-state index in [2.05, 4.69) is 26.1 Å². The molecule has 0 aliphatic carbocycles. The molecule has 2 aromatic rings. The van der Waals surface area contributed by atoms with Crippen molar-refractivity contribution in [2.24, 2.45) is 5.41 Å². The summed E-state index contributed by atoms with van der Waals surface area (Å²) >= 11 is 0. The number of nitrogens with one attached hydrogen (secondary N) is 1. The number of carbonyl (C=O) groups is 2. The average molecular weight is 366 g/mol. The second-order valence-electron chi connectivity index (χ2n) is 7.96. The predicted octanol–water partition coefficient (Wildman–Crippen LogP) is 3.39. The molecule has 1 saturated heterocycles. The van der Waals surface area contributed by atoms with E-state index in [-0.39, 0.29) is 17.5 Å². The van der Waals surface area contributed by atoms with Gasteiger partial charge in [0.1, 0.15) is 6.04 Å². The lowest BCUT2D eigenvalue weighted by molar-refractivity contribution is -0.131. The largest absolute Gasteiger partial charge is 0.452 e. The van der Waals surface area contributed by atoms with E-state index in [9.17, 15) is 9.59 Å². The molecule has 142 valence electrons. The molecule has 0 spiro atoms. The van der Waals surface area contributed by atoms with E-state index >= 15 is 0 Å². The fraction of sp³-hybridized carbons (Fsp3) is 0.364. The molecule has 2 aromatic carbocycles. The zero-order valence-electron chi connectivity index (χ0n) is 16.2. The van der Waals surface area contributed by atoms with Gasteiger partial charge in [0, 0.05) is 7.05 Å². The van der Waals surface area contributed by atoms with Gasteiger partial charge in [-0.2, -0.15) is 0 Å². The van der Waals surface area contributed by atoms with Crippen molar-refractivity contribution >= 4 is 11.9 Å². The maximum absolute atomic E-state index is 13.0. The zero-order valence-corrected chi connectivity index (χ0v) is 16.2. The highest BCUT2D eigenvalue weighted by Gasteiger charge is 2.47. The molecule has 1 amide bonds. The Balaban J connectivity index is 1.92. The molecule has 3 rings (SSSR count). The number of esters is 1. The van der Waals surface area contributed by atoms with Crippen LogP contribution in [0.25, 0.3) is 0 Å². The van der Waals surface area contributed by atoms with E-state index in [1.807, 2.05) is 36.4 Å². The average Bonchev–Trinajstić information content (AvgIpc) is 2.96. The molecular formula is C22H26N2O3. The van der Waals surface area contributed by atoms with Crippen molar-refractivity contribution in [3.05, 3.63) is 71.8 Å². The monoisotopic (exact) mass is 366 g/mol. The van der Waals surface area contributed by atoms with E-state index in [1.165, 1.54) is 0 Å². The Morgan fingerprint density at radius 2 is 1.59 bits per heavy atom. The Kier molecular flexibility index (Phi) is 5.33. The maximum Gasteiger partial charge on any atom is 0.338 e. The zero-order chi connectivity index (χ0) is 19.6. The number of hydrogen-bond donors (Lipinski definition) is 1. The number of ether oxygens (including phenoxy) is 1. The standard InChI is InChI=1S/C22H26N2O3/c1-22(2,3)21-23-17(19(25)24(21)4)18(15-11-7-5-8-12-15)27-20(26)16-13-9-6-10-14-16/h5-14,17-18,21,23H,1-4H3/t17-,18+,21+/m0/s1. The van der Waals surface area contributed by atoms with Crippen LogP contribution >= 0.6 is 0 Å². The second-order valence-corrected chi connectivity index (χ2v) is 7.96. The van der Waals surface area contributed by atoms with Gasteiger partial charge in [-0.25, -0.2) is 4.79 Å². The summed E-state index contributed by atoms with van der Waals surface area (Å²) < 4.78 is 5.84. The highest BCUT2D eigenvalue weighted by molar-refractivity contribution is 5.90. The molecule has 1 fully saturated rings. The van der Waals surface area contributed by atoms with Crippen LogP contribution < -0.4 is 5.32 Å². The Bertz CT molecular complexity index is 799. The van der Waals surface area contributed by atoms with Crippen molar-refractivity contribution in [2.75, 3.05) is 7.05 Å². The number of rotatable bonds is 4. The van der Waals surface area contributed by atoms with Crippen molar-refractivity contribution in [2.45, 2.75) is 39.1 Å². The van der Waals surface area contributed by atoms with Crippen molar-refractivity contribution in [1.82, 2.24) is 10.2 Å². The highest BCUT2D eigenvalue weighted by atomic mass is 16.5. The molecule has 0 unspecified atom stereocenters. The molecule has 0 saturated carbocycles. The van der Waals surface area contributed by atoms with Crippen LogP contribution in [0.2, 0.25) is 0 Å². The van der Waals surface area contributed by atoms with Gasteiger partial charge < -0.3 is 9.64 Å². The van der Waals surface area contributed by atoms with Gasteiger partial charge in [-0.05, 0) is 23.1 Å². The van der Waals surface area contributed by atoms with E-state index < -0.39 is 18.1 Å². The maximum atomic E-state index is 13.0. The van der Waals surface area contributed by atoms with E-state index in [1.54, 1.807) is 36.2 Å². The molecule has 0 aromatic heterocycles. The van der Waals surface area contributed by atoms with Crippen LogP contribution in [0, 0.1) is 5.41 Å². The van der Waals surface area contributed by atoms with Gasteiger partial charge in [-0.15, -0.1) is 0 Å². The van der Waals surface area contributed by atoms with Gasteiger partial charge in [-0.1, -0.05) is 69.3 Å². The minimum absolute atomic E-state index is 0.0790. The van der Waals surface area contributed by atoms with Gasteiger partial charge in [-0.3, -0.25) is 10.1 Å². The molecule has 1 heterocycles. The normalized spacial score (nSPS) is 21.2. The summed E-state index contributed by atoms with van der Waals surface area (Å²) in [6.07, 6.45) is -0.849. The number of nitrogens with zero attached hydrogens (tertiary/aromatic N) is 1. The number of hydrogen-bond acceptors (Lipinski definition) is 4. The van der Waals surface area contributed by atoms with Gasteiger partial charge in [0.15, 0.2) is 6.10 Å². The SMILES string of the molecule is CN1C(=O)[C@H]([C@H](OC(=O)c2ccccc2)c2ccccc2)N[C@H]1C(C)(C)C. The molecule has 27 heavy (non-hydrogen) atoms. The van der Waals surface area contributed by atoms with Gasteiger partial charge >= 0.3 is 5.97 Å². The number of likely N-dealkylation sites (N-methyl/N-ethyl adjacent to an activating group) is 1. The number of amides is 1. The summed E-state index contributed by atoms with van der Waals surface area (Å²) in [5.74, 6) is -0.523. The summed E-state index contributed by atoms with van der Waals surface area (Å²) in [6, 6.07) is 17.6. The van der Waals surface area contributed by atoms with Gasteiger partial charge in [0.2, 0.25) is 5.91 Å². The van der Waals surface area contributed by atoms with Crippen molar-refractivity contribution in [3.8, 4) is 0 Å². The smallest absolute Gasteiger partial charge is 0.338 e. The molecule has 1 N–H and O–H groups in total. The molecular weight excluding hydrogens is 340 g/mol. The topological polar surface area (TPSA) is 58.6 Å². The van der Waals surface area contributed by atoms with Crippen LogP contribution in [-0.2, 0) is 9.53 Å². The minimum atomic E-state index is -0.707. The van der Waals surface area contributed by atoms with Gasteiger partial charge in [0.25, 0.3) is 0 Å². The van der Waals surface area contributed by atoms with Crippen LogP contribution in [0.15, 0.2) is 60.7 Å². The van der Waals surface area contributed by atoms with Crippen LogP contribution in [0.1, 0.15) is 42.8 Å². The fourth-order valence-corrected chi connectivity index (χ4v) is 3.48. The van der Waals surface area contributed by atoms with E-state index in [0.717, 1.165) is 5.56 Å². The molecule has 1 aliphatic rings. The van der Waals surface area contributed by atoms with Crippen molar-refractivity contribution in [3.63, 3.8) is 0 Å². The van der Waals surface area contributed by atoms with Crippen LogP contribution in [0.3, 0.4) is 0 Å². The minimum Gasteiger partial charge on any atom is -0.452 e. The lowest BCUT2D eigenvalue weighted by Crippen LogP contribution is -2.46. The first kappa shape index (κ1) is 19.1. The summed E-state index contributed by atoms with van der Waals surface area (Å²) in [6.45, 7) is 6.22. The Morgan fingerprint density at radius 3 is 2.11 bits per heavy atom. The summed E-state index contributed by atoms with van der Waals surface area (Å²) in [5.41, 5.74) is 1.10. The Labute approximate surface area is 160 Å². The fourth-order valence-electron chi connectivity index (χ4n) is 3.48. The summed E-state index contributed by atoms with van der Waals surface area (Å²) in [4.78, 5) is 27.3. The Hall–Kier alpha value is -2.66. The third kappa shape index (κ3) is 4.03. The number of carbonyl (C=O) groups excluding carboxylic acids is 2. The second kappa shape index (κ2) is 7.53. The van der Waals surface area contributed by atoms with Crippen molar-refractivity contribution < 1.29 is 14.3 Å². The lowest BCUT2D eigenvalue weighted by atomic mass is 9.92. The molecule has 1 aliphatic heterocycles. The first-order chi connectivity index (χ1) is 12.8. The van der Waals surface area contributed by atoms with E-state index in [4.69, 9.17) is 4.74 Å².